The lowest BCUT2D eigenvalue weighted by atomic mass is 10.2. The fourth-order valence-corrected chi connectivity index (χ4v) is 1.14. The van der Waals surface area contributed by atoms with E-state index in [2.05, 4.69) is 6.58 Å². The molecule has 0 unspecified atom stereocenters. The molecule has 0 saturated heterocycles. The van der Waals surface area contributed by atoms with Crippen molar-refractivity contribution in [1.82, 2.24) is 0 Å². The monoisotopic (exact) mass is 190 g/mol. The summed E-state index contributed by atoms with van der Waals surface area (Å²) in [5.74, 6) is 1.47. The molecule has 0 fully saturated rings. The Morgan fingerprint density at radius 3 is 2.43 bits per heavy atom. The Hall–Kier alpha value is -1.70. The van der Waals surface area contributed by atoms with Crippen molar-refractivity contribution in [2.75, 3.05) is 14.2 Å². The molecule has 14 heavy (non-hydrogen) atoms. The molecular formula is C12H14O2. The highest BCUT2D eigenvalue weighted by Gasteiger charge is 2.01. The Bertz CT molecular complexity index is 340. The van der Waals surface area contributed by atoms with Gasteiger partial charge in [-0.3, -0.25) is 0 Å². The minimum absolute atomic E-state index is 0.735. The number of rotatable bonds is 4. The van der Waals surface area contributed by atoms with Crippen molar-refractivity contribution in [3.63, 3.8) is 0 Å². The predicted octanol–water partition coefficient (Wildman–Crippen LogP) is 2.90. The third kappa shape index (κ3) is 2.39. The molecule has 0 aliphatic carbocycles. The zero-order chi connectivity index (χ0) is 10.4. The fraction of sp³-hybridized carbons (Fsp3) is 0.167. The van der Waals surface area contributed by atoms with Crippen LogP contribution in [-0.2, 0) is 0 Å². The van der Waals surface area contributed by atoms with Gasteiger partial charge in [0.15, 0.2) is 11.5 Å². The van der Waals surface area contributed by atoms with E-state index in [0.29, 0.717) is 0 Å². The van der Waals surface area contributed by atoms with E-state index in [4.69, 9.17) is 9.47 Å². The highest BCUT2D eigenvalue weighted by atomic mass is 16.5. The summed E-state index contributed by atoms with van der Waals surface area (Å²) in [6.45, 7) is 3.61. The van der Waals surface area contributed by atoms with Crippen molar-refractivity contribution in [3.05, 3.63) is 42.5 Å². The van der Waals surface area contributed by atoms with Gasteiger partial charge in [0.1, 0.15) is 0 Å². The summed E-state index contributed by atoms with van der Waals surface area (Å²) in [5, 5.41) is 0. The van der Waals surface area contributed by atoms with Crippen LogP contribution in [0.2, 0.25) is 0 Å². The summed E-state index contributed by atoms with van der Waals surface area (Å²) in [6.07, 6.45) is 5.56. The van der Waals surface area contributed by atoms with Crippen LogP contribution in [0.1, 0.15) is 5.56 Å². The average Bonchev–Trinajstić information content (AvgIpc) is 2.25. The molecule has 0 amide bonds. The first-order chi connectivity index (χ1) is 6.81. The second kappa shape index (κ2) is 5.12. The lowest BCUT2D eigenvalue weighted by Crippen LogP contribution is -1.90. The average molecular weight is 190 g/mol. The van der Waals surface area contributed by atoms with E-state index in [0.717, 1.165) is 17.1 Å². The Morgan fingerprint density at radius 2 is 1.86 bits per heavy atom. The quantitative estimate of drug-likeness (QED) is 0.680. The van der Waals surface area contributed by atoms with Crippen LogP contribution >= 0.6 is 0 Å². The van der Waals surface area contributed by atoms with Crippen molar-refractivity contribution < 1.29 is 9.47 Å². The number of allylic oxidation sites excluding steroid dienone is 2. The van der Waals surface area contributed by atoms with Crippen molar-refractivity contribution in [2.24, 2.45) is 0 Å². The molecule has 0 bridgehead atoms. The maximum Gasteiger partial charge on any atom is 0.161 e. The number of methoxy groups -OCH3 is 2. The van der Waals surface area contributed by atoms with Crippen LogP contribution in [0.4, 0.5) is 0 Å². The summed E-state index contributed by atoms with van der Waals surface area (Å²) in [6, 6.07) is 5.75. The van der Waals surface area contributed by atoms with Crippen LogP contribution in [0.3, 0.4) is 0 Å². The van der Waals surface area contributed by atoms with Crippen molar-refractivity contribution in [1.29, 1.82) is 0 Å². The molecule has 1 rings (SSSR count). The highest BCUT2D eigenvalue weighted by Crippen LogP contribution is 2.27. The Labute approximate surface area is 84.5 Å². The van der Waals surface area contributed by atoms with Gasteiger partial charge in [-0.25, -0.2) is 0 Å². The van der Waals surface area contributed by atoms with Gasteiger partial charge in [-0.2, -0.15) is 0 Å². The molecule has 2 heteroatoms. The Kier molecular flexibility index (Phi) is 3.80. The largest absolute Gasteiger partial charge is 0.493 e. The molecule has 0 saturated carbocycles. The lowest BCUT2D eigenvalue weighted by Gasteiger charge is -2.07. The van der Waals surface area contributed by atoms with Crippen molar-refractivity contribution in [3.8, 4) is 11.5 Å². The number of ether oxygens (including phenoxy) is 2. The zero-order valence-electron chi connectivity index (χ0n) is 8.49. The van der Waals surface area contributed by atoms with Crippen LogP contribution in [0, 0.1) is 0 Å². The first-order valence-corrected chi connectivity index (χ1v) is 4.33. The van der Waals surface area contributed by atoms with Gasteiger partial charge >= 0.3 is 0 Å². The molecule has 0 radical (unpaired) electrons. The molecule has 0 atom stereocenters. The van der Waals surface area contributed by atoms with Gasteiger partial charge in [-0.15, -0.1) is 0 Å². The second-order valence-corrected chi connectivity index (χ2v) is 2.71. The maximum atomic E-state index is 5.17. The summed E-state index contributed by atoms with van der Waals surface area (Å²) in [5.41, 5.74) is 1.06. The smallest absolute Gasteiger partial charge is 0.161 e. The van der Waals surface area contributed by atoms with E-state index in [9.17, 15) is 0 Å². The molecule has 0 aliphatic heterocycles. The van der Waals surface area contributed by atoms with Gasteiger partial charge in [0, 0.05) is 0 Å². The second-order valence-electron chi connectivity index (χ2n) is 2.71. The molecule has 0 aromatic heterocycles. The van der Waals surface area contributed by atoms with Gasteiger partial charge in [0.25, 0.3) is 0 Å². The van der Waals surface area contributed by atoms with Gasteiger partial charge in [0.05, 0.1) is 14.2 Å². The first kappa shape index (κ1) is 10.4. The molecule has 2 nitrogen and oxygen atoms in total. The van der Waals surface area contributed by atoms with Gasteiger partial charge < -0.3 is 9.47 Å². The van der Waals surface area contributed by atoms with Crippen LogP contribution in [0.5, 0.6) is 11.5 Å². The zero-order valence-corrected chi connectivity index (χ0v) is 8.49. The van der Waals surface area contributed by atoms with Gasteiger partial charge in [0.2, 0.25) is 0 Å². The van der Waals surface area contributed by atoms with Crippen molar-refractivity contribution in [2.45, 2.75) is 0 Å². The van der Waals surface area contributed by atoms with E-state index in [1.807, 2.05) is 30.4 Å². The minimum Gasteiger partial charge on any atom is -0.493 e. The number of benzene rings is 1. The predicted molar refractivity (Wildman–Crippen MR) is 58.8 cm³/mol. The Balaban J connectivity index is 3.00. The molecule has 0 heterocycles. The molecule has 1 aromatic carbocycles. The third-order valence-electron chi connectivity index (χ3n) is 1.83. The molecule has 1 aromatic rings. The standard InChI is InChI=1S/C12H14O2/c1-4-5-6-10-7-8-11(13-2)12(9-10)14-3/h4-9H,1H2,2-3H3. The van der Waals surface area contributed by atoms with E-state index >= 15 is 0 Å². The fourth-order valence-electron chi connectivity index (χ4n) is 1.14. The minimum atomic E-state index is 0.735. The first-order valence-electron chi connectivity index (χ1n) is 4.33. The molecule has 74 valence electrons. The van der Waals surface area contributed by atoms with E-state index in [-0.39, 0.29) is 0 Å². The molecule has 0 aliphatic rings. The number of hydrogen-bond donors (Lipinski definition) is 0. The van der Waals surface area contributed by atoms with Gasteiger partial charge in [-0.05, 0) is 17.7 Å². The topological polar surface area (TPSA) is 18.5 Å². The van der Waals surface area contributed by atoms with Crippen molar-refractivity contribution >= 4 is 6.08 Å². The summed E-state index contributed by atoms with van der Waals surface area (Å²) < 4.78 is 10.3. The van der Waals surface area contributed by atoms with Gasteiger partial charge in [-0.1, -0.05) is 30.9 Å². The lowest BCUT2D eigenvalue weighted by molar-refractivity contribution is 0.355. The molecular weight excluding hydrogens is 176 g/mol. The van der Waals surface area contributed by atoms with Crippen LogP contribution < -0.4 is 9.47 Å². The summed E-state index contributed by atoms with van der Waals surface area (Å²) >= 11 is 0. The van der Waals surface area contributed by atoms with E-state index < -0.39 is 0 Å². The third-order valence-corrected chi connectivity index (χ3v) is 1.83. The van der Waals surface area contributed by atoms with E-state index in [1.54, 1.807) is 20.3 Å². The maximum absolute atomic E-state index is 5.17. The normalized spacial score (nSPS) is 10.1. The van der Waals surface area contributed by atoms with E-state index in [1.165, 1.54) is 0 Å². The molecule has 0 N–H and O–H groups in total. The van der Waals surface area contributed by atoms with Crippen LogP contribution in [0.15, 0.2) is 36.9 Å². The SMILES string of the molecule is C=CC=Cc1ccc(OC)c(OC)c1. The molecule has 0 spiro atoms. The van der Waals surface area contributed by atoms with Crippen LogP contribution in [-0.4, -0.2) is 14.2 Å². The van der Waals surface area contributed by atoms with Crippen LogP contribution in [0.25, 0.3) is 6.08 Å². The highest BCUT2D eigenvalue weighted by molar-refractivity contribution is 5.56. The summed E-state index contributed by atoms with van der Waals surface area (Å²) in [4.78, 5) is 0. The Morgan fingerprint density at radius 1 is 1.14 bits per heavy atom. The number of hydrogen-bond acceptors (Lipinski definition) is 2. The summed E-state index contributed by atoms with van der Waals surface area (Å²) in [7, 11) is 3.25.